The van der Waals surface area contributed by atoms with Crippen LogP contribution in [0.15, 0.2) is 35.4 Å². The SMILES string of the molecule is COC(=O)C1=CCCC(CNC(=O)CC2CC(=O)C(c3c(C)cc(C)cc3C)C2=O)=C1. The number of esters is 1. The van der Waals surface area contributed by atoms with Gasteiger partial charge in [0.2, 0.25) is 5.91 Å². The molecule has 0 heterocycles. The molecular formula is C25H29NO5. The molecule has 0 aromatic heterocycles. The molecule has 0 bridgehead atoms. The lowest BCUT2D eigenvalue weighted by atomic mass is 9.86. The Kier molecular flexibility index (Phi) is 6.88. The van der Waals surface area contributed by atoms with Gasteiger partial charge in [0, 0.05) is 25.3 Å². The van der Waals surface area contributed by atoms with Crippen molar-refractivity contribution in [1.29, 1.82) is 0 Å². The first-order chi connectivity index (χ1) is 14.7. The number of carbonyl (C=O) groups excluding carboxylic acids is 4. The van der Waals surface area contributed by atoms with Crippen molar-refractivity contribution >= 4 is 23.4 Å². The number of rotatable bonds is 6. The van der Waals surface area contributed by atoms with Crippen LogP contribution in [0.2, 0.25) is 0 Å². The van der Waals surface area contributed by atoms with Crippen molar-refractivity contribution in [3.05, 3.63) is 57.7 Å². The van der Waals surface area contributed by atoms with E-state index in [1.165, 1.54) is 7.11 Å². The van der Waals surface area contributed by atoms with E-state index in [1.807, 2.05) is 39.0 Å². The van der Waals surface area contributed by atoms with Crippen molar-refractivity contribution in [2.75, 3.05) is 13.7 Å². The van der Waals surface area contributed by atoms with Crippen LogP contribution in [0.3, 0.4) is 0 Å². The zero-order valence-corrected chi connectivity index (χ0v) is 18.5. The quantitative estimate of drug-likeness (QED) is 0.561. The number of ketones is 2. The predicted molar refractivity (Wildman–Crippen MR) is 117 cm³/mol. The molecule has 1 saturated carbocycles. The lowest BCUT2D eigenvalue weighted by molar-refractivity contribution is -0.135. The van der Waals surface area contributed by atoms with E-state index in [1.54, 1.807) is 6.08 Å². The molecule has 1 aromatic rings. The molecule has 0 spiro atoms. The number of allylic oxidation sites excluding steroid dienone is 1. The molecule has 2 atom stereocenters. The molecule has 3 rings (SSSR count). The maximum Gasteiger partial charge on any atom is 0.337 e. The summed E-state index contributed by atoms with van der Waals surface area (Å²) in [5.74, 6) is -2.30. The van der Waals surface area contributed by atoms with Crippen LogP contribution in [-0.2, 0) is 23.9 Å². The zero-order chi connectivity index (χ0) is 22.7. The second kappa shape index (κ2) is 9.41. The summed E-state index contributed by atoms with van der Waals surface area (Å²) in [6, 6.07) is 3.97. The lowest BCUT2D eigenvalue weighted by Gasteiger charge is -2.17. The fourth-order valence-corrected chi connectivity index (χ4v) is 4.65. The lowest BCUT2D eigenvalue weighted by Crippen LogP contribution is -2.29. The average Bonchev–Trinajstić information content (AvgIpc) is 2.99. The summed E-state index contributed by atoms with van der Waals surface area (Å²) >= 11 is 0. The Balaban J connectivity index is 1.62. The van der Waals surface area contributed by atoms with Gasteiger partial charge >= 0.3 is 5.97 Å². The largest absolute Gasteiger partial charge is 0.465 e. The summed E-state index contributed by atoms with van der Waals surface area (Å²) in [5.41, 5.74) is 5.17. The number of Topliss-reactive ketones (excluding diaryl/α,β-unsaturated/α-hetero) is 2. The zero-order valence-electron chi connectivity index (χ0n) is 18.5. The topological polar surface area (TPSA) is 89.5 Å². The minimum absolute atomic E-state index is 0.00198. The number of hydrogen-bond acceptors (Lipinski definition) is 5. The first kappa shape index (κ1) is 22.7. The van der Waals surface area contributed by atoms with Crippen LogP contribution in [0.5, 0.6) is 0 Å². The van der Waals surface area contributed by atoms with Gasteiger partial charge < -0.3 is 10.1 Å². The summed E-state index contributed by atoms with van der Waals surface area (Å²) in [5, 5.41) is 2.83. The van der Waals surface area contributed by atoms with Gasteiger partial charge in [0.25, 0.3) is 0 Å². The van der Waals surface area contributed by atoms with Gasteiger partial charge in [-0.15, -0.1) is 0 Å². The Morgan fingerprint density at radius 3 is 2.45 bits per heavy atom. The van der Waals surface area contributed by atoms with Crippen molar-refractivity contribution in [2.45, 2.75) is 52.4 Å². The number of methoxy groups -OCH3 is 1. The van der Waals surface area contributed by atoms with Gasteiger partial charge in [-0.1, -0.05) is 23.8 Å². The van der Waals surface area contributed by atoms with Crippen LogP contribution >= 0.6 is 0 Å². The van der Waals surface area contributed by atoms with Crippen LogP contribution in [-0.4, -0.2) is 37.1 Å². The third-order valence-electron chi connectivity index (χ3n) is 6.04. The van der Waals surface area contributed by atoms with Crippen LogP contribution in [0.25, 0.3) is 0 Å². The van der Waals surface area contributed by atoms with Gasteiger partial charge in [0.15, 0.2) is 5.78 Å². The van der Waals surface area contributed by atoms with Crippen molar-refractivity contribution in [3.63, 3.8) is 0 Å². The molecule has 1 aromatic carbocycles. The molecule has 0 radical (unpaired) electrons. The molecule has 0 aliphatic heterocycles. The molecule has 2 aliphatic rings. The highest BCUT2D eigenvalue weighted by Gasteiger charge is 2.43. The number of nitrogens with one attached hydrogen (secondary N) is 1. The summed E-state index contributed by atoms with van der Waals surface area (Å²) in [4.78, 5) is 49.9. The Bertz CT molecular complexity index is 978. The van der Waals surface area contributed by atoms with Crippen LogP contribution in [0.4, 0.5) is 0 Å². The summed E-state index contributed by atoms with van der Waals surface area (Å²) in [6.45, 7) is 6.14. The molecule has 6 heteroatoms. The second-order valence-electron chi connectivity index (χ2n) is 8.49. The Labute approximate surface area is 182 Å². The van der Waals surface area contributed by atoms with Crippen molar-refractivity contribution in [2.24, 2.45) is 5.92 Å². The van der Waals surface area contributed by atoms with Crippen molar-refractivity contribution in [3.8, 4) is 0 Å². The minimum Gasteiger partial charge on any atom is -0.465 e. The third-order valence-corrected chi connectivity index (χ3v) is 6.04. The highest BCUT2D eigenvalue weighted by molar-refractivity contribution is 6.15. The van der Waals surface area contributed by atoms with Crippen LogP contribution in [0, 0.1) is 26.7 Å². The fraction of sp³-hybridized carbons (Fsp3) is 0.440. The van der Waals surface area contributed by atoms with Gasteiger partial charge in [-0.05, 0) is 62.0 Å². The molecule has 2 unspecified atom stereocenters. The average molecular weight is 424 g/mol. The van der Waals surface area contributed by atoms with E-state index in [2.05, 4.69) is 5.32 Å². The first-order valence-electron chi connectivity index (χ1n) is 10.6. The predicted octanol–water partition coefficient (Wildman–Crippen LogP) is 3.18. The number of aryl methyl sites for hydroxylation is 3. The molecule has 1 amide bonds. The highest BCUT2D eigenvalue weighted by Crippen LogP contribution is 2.37. The van der Waals surface area contributed by atoms with E-state index in [0.717, 1.165) is 34.2 Å². The Hall–Kier alpha value is -3.02. The van der Waals surface area contributed by atoms with Crippen molar-refractivity contribution < 1.29 is 23.9 Å². The van der Waals surface area contributed by atoms with Gasteiger partial charge in [-0.3, -0.25) is 14.4 Å². The van der Waals surface area contributed by atoms with Gasteiger partial charge in [0.05, 0.1) is 12.7 Å². The van der Waals surface area contributed by atoms with E-state index in [0.29, 0.717) is 18.5 Å². The van der Waals surface area contributed by atoms with Gasteiger partial charge in [-0.25, -0.2) is 4.79 Å². The maximum atomic E-state index is 13.0. The summed E-state index contributed by atoms with van der Waals surface area (Å²) in [7, 11) is 1.33. The van der Waals surface area contributed by atoms with Crippen molar-refractivity contribution in [1.82, 2.24) is 5.32 Å². The smallest absolute Gasteiger partial charge is 0.337 e. The van der Waals surface area contributed by atoms with Crippen LogP contribution in [0.1, 0.15) is 53.9 Å². The third kappa shape index (κ3) is 5.01. The number of carbonyl (C=O) groups is 4. The van der Waals surface area contributed by atoms with Gasteiger partial charge in [0.1, 0.15) is 11.7 Å². The van der Waals surface area contributed by atoms with E-state index in [4.69, 9.17) is 4.74 Å². The molecule has 1 fully saturated rings. The van der Waals surface area contributed by atoms with E-state index < -0.39 is 17.8 Å². The Morgan fingerprint density at radius 1 is 1.13 bits per heavy atom. The molecule has 164 valence electrons. The minimum atomic E-state index is -0.771. The fourth-order valence-electron chi connectivity index (χ4n) is 4.65. The standard InChI is InChI=1S/C25H29NO5/c1-14-8-15(2)22(16(3)9-14)23-20(27)11-19(24(23)29)12-21(28)26-13-17-6-5-7-18(10-17)25(30)31-4/h7-10,19,23H,5-6,11-13H2,1-4H3,(H,26,28). The number of amides is 1. The first-order valence-corrected chi connectivity index (χ1v) is 10.6. The summed E-state index contributed by atoms with van der Waals surface area (Å²) in [6.07, 6.45) is 5.10. The monoisotopic (exact) mass is 423 g/mol. The molecule has 1 N–H and O–H groups in total. The van der Waals surface area contributed by atoms with Crippen LogP contribution < -0.4 is 5.32 Å². The molecule has 2 aliphatic carbocycles. The normalized spacial score (nSPS) is 20.9. The number of ether oxygens (including phenoxy) is 1. The molecule has 0 saturated heterocycles. The van der Waals surface area contributed by atoms with E-state index >= 15 is 0 Å². The molecular weight excluding hydrogens is 394 g/mol. The van der Waals surface area contributed by atoms with Gasteiger partial charge in [-0.2, -0.15) is 0 Å². The molecule has 31 heavy (non-hydrogen) atoms. The number of hydrogen-bond donors (Lipinski definition) is 1. The van der Waals surface area contributed by atoms with E-state index in [9.17, 15) is 19.2 Å². The highest BCUT2D eigenvalue weighted by atomic mass is 16.5. The molecule has 6 nitrogen and oxygen atoms in total. The maximum absolute atomic E-state index is 13.0. The summed E-state index contributed by atoms with van der Waals surface area (Å²) < 4.78 is 4.74. The second-order valence-corrected chi connectivity index (χ2v) is 8.49. The Morgan fingerprint density at radius 2 is 1.81 bits per heavy atom. The number of benzene rings is 1. The van der Waals surface area contributed by atoms with E-state index in [-0.39, 0.29) is 30.3 Å².